The second kappa shape index (κ2) is 7.21. The van der Waals surface area contributed by atoms with Crippen LogP contribution in [-0.2, 0) is 9.59 Å². The standard InChI is InChI=1S/C18H25N5O2/c1-4-5-23-12-15(11-16(23)24)17(25)21-6-8-22(9-7-21)18-19-13(2)10-14(3)20-18/h4,10,15H,1,5-9,11-12H2,2-3H3/t15-/m0/s1. The Labute approximate surface area is 148 Å². The number of carbonyl (C=O) groups is 2. The van der Waals surface area contributed by atoms with E-state index in [4.69, 9.17) is 0 Å². The molecule has 2 amide bonds. The first kappa shape index (κ1) is 17.4. The molecular weight excluding hydrogens is 318 g/mol. The van der Waals surface area contributed by atoms with E-state index in [0.717, 1.165) is 17.3 Å². The number of nitrogens with zero attached hydrogens (tertiary/aromatic N) is 5. The summed E-state index contributed by atoms with van der Waals surface area (Å²) in [7, 11) is 0. The van der Waals surface area contributed by atoms with E-state index in [1.165, 1.54) is 0 Å². The lowest BCUT2D eigenvalue weighted by Crippen LogP contribution is -2.51. The fourth-order valence-electron chi connectivity index (χ4n) is 3.50. The zero-order valence-electron chi connectivity index (χ0n) is 14.9. The quantitative estimate of drug-likeness (QED) is 0.756. The molecule has 0 unspecified atom stereocenters. The largest absolute Gasteiger partial charge is 0.339 e. The number of rotatable bonds is 4. The predicted octanol–water partition coefficient (Wildman–Crippen LogP) is 0.777. The van der Waals surface area contributed by atoms with Crippen molar-refractivity contribution in [1.29, 1.82) is 0 Å². The van der Waals surface area contributed by atoms with Crippen LogP contribution in [0.1, 0.15) is 17.8 Å². The second-order valence-electron chi connectivity index (χ2n) is 6.75. The van der Waals surface area contributed by atoms with Crippen molar-refractivity contribution in [2.45, 2.75) is 20.3 Å². The van der Waals surface area contributed by atoms with E-state index in [0.29, 0.717) is 45.7 Å². The Morgan fingerprint density at radius 1 is 1.24 bits per heavy atom. The number of likely N-dealkylation sites (tertiary alicyclic amines) is 1. The minimum atomic E-state index is -0.225. The molecule has 1 aromatic heterocycles. The maximum absolute atomic E-state index is 12.7. The van der Waals surface area contributed by atoms with Crippen LogP contribution in [0.5, 0.6) is 0 Å². The summed E-state index contributed by atoms with van der Waals surface area (Å²) in [6, 6.07) is 1.95. The smallest absolute Gasteiger partial charge is 0.228 e. The van der Waals surface area contributed by atoms with Gasteiger partial charge in [0.05, 0.1) is 5.92 Å². The number of hydrogen-bond donors (Lipinski definition) is 0. The van der Waals surface area contributed by atoms with Crippen LogP contribution in [-0.4, -0.2) is 70.9 Å². The lowest BCUT2D eigenvalue weighted by molar-refractivity contribution is -0.136. The van der Waals surface area contributed by atoms with Gasteiger partial charge in [0.1, 0.15) is 0 Å². The van der Waals surface area contributed by atoms with Gasteiger partial charge < -0.3 is 14.7 Å². The van der Waals surface area contributed by atoms with Crippen molar-refractivity contribution >= 4 is 17.8 Å². The fraction of sp³-hybridized carbons (Fsp3) is 0.556. The first-order chi connectivity index (χ1) is 12.0. The van der Waals surface area contributed by atoms with E-state index in [1.807, 2.05) is 24.8 Å². The van der Waals surface area contributed by atoms with Crippen LogP contribution in [0.25, 0.3) is 0 Å². The SMILES string of the molecule is C=CCN1C[C@@H](C(=O)N2CCN(c3nc(C)cc(C)n3)CC2)CC1=O. The zero-order valence-corrected chi connectivity index (χ0v) is 14.9. The van der Waals surface area contributed by atoms with E-state index in [1.54, 1.807) is 11.0 Å². The summed E-state index contributed by atoms with van der Waals surface area (Å²) in [5.41, 5.74) is 1.90. The van der Waals surface area contributed by atoms with Gasteiger partial charge >= 0.3 is 0 Å². The average Bonchev–Trinajstić information content (AvgIpc) is 2.95. The summed E-state index contributed by atoms with van der Waals surface area (Å²) < 4.78 is 0. The molecule has 0 spiro atoms. The van der Waals surface area contributed by atoms with Gasteiger partial charge in [0.25, 0.3) is 0 Å². The first-order valence-corrected chi connectivity index (χ1v) is 8.72. The fourth-order valence-corrected chi connectivity index (χ4v) is 3.50. The highest BCUT2D eigenvalue weighted by atomic mass is 16.2. The summed E-state index contributed by atoms with van der Waals surface area (Å²) in [5, 5.41) is 0. The maximum Gasteiger partial charge on any atom is 0.228 e. The van der Waals surface area contributed by atoms with Crippen molar-refractivity contribution in [3.05, 3.63) is 30.1 Å². The lowest BCUT2D eigenvalue weighted by atomic mass is 10.1. The number of aryl methyl sites for hydroxylation is 2. The lowest BCUT2D eigenvalue weighted by Gasteiger charge is -2.36. The van der Waals surface area contributed by atoms with Crippen LogP contribution in [0.2, 0.25) is 0 Å². The molecule has 0 radical (unpaired) electrons. The summed E-state index contributed by atoms with van der Waals surface area (Å²) in [6.07, 6.45) is 2.01. The Bertz CT molecular complexity index is 662. The Kier molecular flexibility index (Phi) is 5.01. The molecule has 2 aliphatic rings. The van der Waals surface area contributed by atoms with Crippen LogP contribution in [0.15, 0.2) is 18.7 Å². The molecule has 0 aromatic carbocycles. The van der Waals surface area contributed by atoms with E-state index >= 15 is 0 Å². The molecule has 2 fully saturated rings. The molecule has 134 valence electrons. The van der Waals surface area contributed by atoms with Crippen molar-refractivity contribution in [2.75, 3.05) is 44.2 Å². The molecule has 1 atom stereocenters. The van der Waals surface area contributed by atoms with Crippen molar-refractivity contribution < 1.29 is 9.59 Å². The van der Waals surface area contributed by atoms with E-state index in [-0.39, 0.29) is 17.7 Å². The van der Waals surface area contributed by atoms with Gasteiger partial charge in [-0.25, -0.2) is 9.97 Å². The summed E-state index contributed by atoms with van der Waals surface area (Å²) in [5.74, 6) is 0.635. The number of aromatic nitrogens is 2. The molecule has 7 heteroatoms. The maximum atomic E-state index is 12.7. The van der Waals surface area contributed by atoms with Crippen LogP contribution in [0, 0.1) is 19.8 Å². The molecule has 25 heavy (non-hydrogen) atoms. The van der Waals surface area contributed by atoms with Gasteiger partial charge in [0.2, 0.25) is 17.8 Å². The average molecular weight is 343 g/mol. The first-order valence-electron chi connectivity index (χ1n) is 8.72. The van der Waals surface area contributed by atoms with Gasteiger partial charge in [-0.2, -0.15) is 0 Å². The molecule has 7 nitrogen and oxygen atoms in total. The third-order valence-electron chi connectivity index (χ3n) is 4.76. The molecule has 0 aliphatic carbocycles. The van der Waals surface area contributed by atoms with Crippen LogP contribution < -0.4 is 4.90 Å². The third kappa shape index (κ3) is 3.81. The molecule has 2 aliphatic heterocycles. The summed E-state index contributed by atoms with van der Waals surface area (Å²) in [6.45, 7) is 11.3. The zero-order chi connectivity index (χ0) is 18.0. The monoisotopic (exact) mass is 343 g/mol. The van der Waals surface area contributed by atoms with Crippen molar-refractivity contribution in [3.8, 4) is 0 Å². The normalized spacial score (nSPS) is 21.0. The van der Waals surface area contributed by atoms with E-state index in [2.05, 4.69) is 21.4 Å². The Morgan fingerprint density at radius 2 is 1.88 bits per heavy atom. The number of hydrogen-bond acceptors (Lipinski definition) is 5. The van der Waals surface area contributed by atoms with Crippen molar-refractivity contribution in [3.63, 3.8) is 0 Å². The molecule has 0 N–H and O–H groups in total. The highest BCUT2D eigenvalue weighted by Crippen LogP contribution is 2.21. The van der Waals surface area contributed by atoms with Gasteiger partial charge in [-0.15, -0.1) is 6.58 Å². The van der Waals surface area contributed by atoms with E-state index < -0.39 is 0 Å². The van der Waals surface area contributed by atoms with Crippen LogP contribution >= 0.6 is 0 Å². The van der Waals surface area contributed by atoms with E-state index in [9.17, 15) is 9.59 Å². The molecule has 3 rings (SSSR count). The van der Waals surface area contributed by atoms with Gasteiger partial charge in [0, 0.05) is 57.1 Å². The third-order valence-corrected chi connectivity index (χ3v) is 4.76. The number of piperazine rings is 1. The van der Waals surface area contributed by atoms with Crippen molar-refractivity contribution in [2.24, 2.45) is 5.92 Å². The Hall–Kier alpha value is -2.44. The van der Waals surface area contributed by atoms with Gasteiger partial charge in [0.15, 0.2) is 0 Å². The Morgan fingerprint density at radius 3 is 2.48 bits per heavy atom. The molecule has 1 aromatic rings. The number of anilines is 1. The topological polar surface area (TPSA) is 69.6 Å². The number of amides is 2. The van der Waals surface area contributed by atoms with Gasteiger partial charge in [-0.1, -0.05) is 6.08 Å². The molecule has 2 saturated heterocycles. The predicted molar refractivity (Wildman–Crippen MR) is 95.2 cm³/mol. The van der Waals surface area contributed by atoms with Gasteiger partial charge in [-0.05, 0) is 19.9 Å². The molecule has 0 bridgehead atoms. The van der Waals surface area contributed by atoms with Crippen molar-refractivity contribution in [1.82, 2.24) is 19.8 Å². The summed E-state index contributed by atoms with van der Waals surface area (Å²) >= 11 is 0. The minimum absolute atomic E-state index is 0.0421. The highest BCUT2D eigenvalue weighted by molar-refractivity contribution is 5.89. The van der Waals surface area contributed by atoms with Crippen LogP contribution in [0.4, 0.5) is 5.95 Å². The van der Waals surface area contributed by atoms with Gasteiger partial charge in [-0.3, -0.25) is 9.59 Å². The molecule has 0 saturated carbocycles. The molecular formula is C18H25N5O2. The highest BCUT2D eigenvalue weighted by Gasteiger charge is 2.36. The molecule has 3 heterocycles. The second-order valence-corrected chi connectivity index (χ2v) is 6.75. The minimum Gasteiger partial charge on any atom is -0.339 e. The Balaban J connectivity index is 1.58. The summed E-state index contributed by atoms with van der Waals surface area (Å²) in [4.78, 5) is 39.3. The number of carbonyl (C=O) groups excluding carboxylic acids is 2. The van der Waals surface area contributed by atoms with Crippen LogP contribution in [0.3, 0.4) is 0 Å².